The van der Waals surface area contributed by atoms with Gasteiger partial charge in [0.05, 0.1) is 0 Å². The average Bonchev–Trinajstić information content (AvgIpc) is 1.48. The molecular weight excluding hydrogens is 172 g/mol. The molecule has 12 heavy (non-hydrogen) atoms. The Balaban J connectivity index is 4.67. The minimum Gasteiger partial charge on any atom is -0.234 e. The topological polar surface area (TPSA) is 41.5 Å². The standard InChI is InChI=1S/C8H18N2OS/c1-7(2)9-12(6,11)10-8(3,4)5/h1H2,2-6H3,(H,9,10,11). The first-order chi connectivity index (χ1) is 5.12. The summed E-state index contributed by atoms with van der Waals surface area (Å²) in [5.41, 5.74) is 0.393. The van der Waals surface area contributed by atoms with Gasteiger partial charge in [0.15, 0.2) is 0 Å². The smallest absolute Gasteiger partial charge is 0.109 e. The van der Waals surface area contributed by atoms with Gasteiger partial charge in [-0.25, -0.2) is 8.93 Å². The Morgan fingerprint density at radius 2 is 1.92 bits per heavy atom. The predicted molar refractivity (Wildman–Crippen MR) is 54.2 cm³/mol. The molecule has 0 aromatic heterocycles. The maximum Gasteiger partial charge on any atom is 0.109 e. The van der Waals surface area contributed by atoms with E-state index in [0.717, 1.165) is 0 Å². The summed E-state index contributed by atoms with van der Waals surface area (Å²) < 4.78 is 18.5. The van der Waals surface area contributed by atoms with Crippen LogP contribution >= 0.6 is 0 Å². The van der Waals surface area contributed by atoms with Crippen LogP contribution in [0.15, 0.2) is 16.6 Å². The molecule has 0 radical (unpaired) electrons. The molecule has 0 aromatic rings. The van der Waals surface area contributed by atoms with Crippen LogP contribution in [0.25, 0.3) is 0 Å². The summed E-state index contributed by atoms with van der Waals surface area (Å²) in [5, 5.41) is 0. The van der Waals surface area contributed by atoms with E-state index >= 15 is 0 Å². The highest BCUT2D eigenvalue weighted by Gasteiger charge is 2.13. The van der Waals surface area contributed by atoms with E-state index in [4.69, 9.17) is 0 Å². The van der Waals surface area contributed by atoms with E-state index in [1.807, 2.05) is 20.8 Å². The minimum atomic E-state index is -2.31. The molecule has 0 heterocycles. The van der Waals surface area contributed by atoms with E-state index in [2.05, 4.69) is 15.7 Å². The second-order valence-corrected chi connectivity index (χ2v) is 5.97. The fraction of sp³-hybridized carbons (Fsp3) is 0.750. The lowest BCUT2D eigenvalue weighted by atomic mass is 10.1. The zero-order chi connectivity index (χ0) is 9.99. The van der Waals surface area contributed by atoms with E-state index in [0.29, 0.717) is 5.70 Å². The lowest BCUT2D eigenvalue weighted by Gasteiger charge is -2.21. The van der Waals surface area contributed by atoms with Crippen molar-refractivity contribution in [2.45, 2.75) is 33.2 Å². The number of hydrogen-bond donors (Lipinski definition) is 1. The predicted octanol–water partition coefficient (Wildman–Crippen LogP) is 1.92. The Hall–Kier alpha value is -0.350. The number of nitrogens with one attached hydrogen (secondary N) is 1. The van der Waals surface area contributed by atoms with Crippen LogP contribution in [0.4, 0.5) is 0 Å². The first kappa shape index (κ1) is 11.6. The fourth-order valence-electron chi connectivity index (χ4n) is 0.888. The van der Waals surface area contributed by atoms with Crippen LogP contribution in [0.3, 0.4) is 0 Å². The number of rotatable bonds is 2. The Labute approximate surface area is 75.6 Å². The normalized spacial score (nSPS) is 16.8. The number of allylic oxidation sites excluding steroid dienone is 1. The summed E-state index contributed by atoms with van der Waals surface area (Å²) in [6, 6.07) is 0. The van der Waals surface area contributed by atoms with Crippen molar-refractivity contribution in [1.29, 1.82) is 0 Å². The zero-order valence-electron chi connectivity index (χ0n) is 8.47. The Kier molecular flexibility index (Phi) is 3.47. The first-order valence-electron chi connectivity index (χ1n) is 3.79. The molecule has 0 spiro atoms. The van der Waals surface area contributed by atoms with Crippen molar-refractivity contribution in [2.24, 2.45) is 4.36 Å². The van der Waals surface area contributed by atoms with Crippen molar-refractivity contribution in [2.75, 3.05) is 6.26 Å². The van der Waals surface area contributed by atoms with Crippen LogP contribution in [-0.2, 0) is 9.92 Å². The Bertz CT molecular complexity index is 280. The molecule has 0 aromatic carbocycles. The molecule has 3 nitrogen and oxygen atoms in total. The second kappa shape index (κ2) is 3.58. The van der Waals surface area contributed by atoms with Crippen molar-refractivity contribution in [3.8, 4) is 0 Å². The SMILES string of the molecule is C=C(C)N=S(C)(=O)NC(C)(C)C. The van der Waals surface area contributed by atoms with Crippen molar-refractivity contribution >= 4 is 9.92 Å². The van der Waals surface area contributed by atoms with E-state index < -0.39 is 9.92 Å². The number of hydrogen-bond acceptors (Lipinski definition) is 2. The molecule has 0 amide bonds. The van der Waals surface area contributed by atoms with Gasteiger partial charge in [0, 0.05) is 17.5 Å². The van der Waals surface area contributed by atoms with Crippen LogP contribution in [-0.4, -0.2) is 16.0 Å². The monoisotopic (exact) mass is 190 g/mol. The summed E-state index contributed by atoms with van der Waals surface area (Å²) in [5.74, 6) is 0. The van der Waals surface area contributed by atoms with Crippen LogP contribution in [0.1, 0.15) is 27.7 Å². The Morgan fingerprint density at radius 1 is 1.50 bits per heavy atom. The van der Waals surface area contributed by atoms with Crippen molar-refractivity contribution in [1.82, 2.24) is 4.72 Å². The van der Waals surface area contributed by atoms with Crippen LogP contribution in [0.2, 0.25) is 0 Å². The maximum absolute atomic E-state index is 11.7. The van der Waals surface area contributed by atoms with E-state index in [9.17, 15) is 4.21 Å². The van der Waals surface area contributed by atoms with Crippen molar-refractivity contribution in [3.05, 3.63) is 12.3 Å². The maximum atomic E-state index is 11.7. The molecule has 1 N–H and O–H groups in total. The molecule has 0 aliphatic carbocycles. The van der Waals surface area contributed by atoms with Gasteiger partial charge in [0.1, 0.15) is 9.92 Å². The molecule has 0 aliphatic rings. The third-order valence-corrected chi connectivity index (χ3v) is 2.48. The molecule has 0 saturated heterocycles. The lowest BCUT2D eigenvalue weighted by molar-refractivity contribution is 0.518. The molecule has 0 fully saturated rings. The fourth-order valence-corrected chi connectivity index (χ4v) is 2.66. The summed E-state index contributed by atoms with van der Waals surface area (Å²) in [6.07, 6.45) is 1.58. The number of nitrogens with zero attached hydrogens (tertiary/aromatic N) is 1. The molecule has 72 valence electrons. The molecular formula is C8H18N2OS. The molecule has 1 atom stereocenters. The van der Waals surface area contributed by atoms with Gasteiger partial charge in [-0.2, -0.15) is 4.36 Å². The second-order valence-electron chi connectivity index (χ2n) is 3.98. The molecule has 0 rings (SSSR count). The van der Waals surface area contributed by atoms with Gasteiger partial charge in [-0.1, -0.05) is 6.58 Å². The molecule has 0 saturated carbocycles. The van der Waals surface area contributed by atoms with E-state index in [-0.39, 0.29) is 5.54 Å². The van der Waals surface area contributed by atoms with E-state index in [1.165, 1.54) is 0 Å². The zero-order valence-corrected chi connectivity index (χ0v) is 9.29. The quantitative estimate of drug-likeness (QED) is 0.710. The largest absolute Gasteiger partial charge is 0.234 e. The van der Waals surface area contributed by atoms with Gasteiger partial charge in [0.25, 0.3) is 0 Å². The molecule has 0 aliphatic heterocycles. The lowest BCUT2D eigenvalue weighted by Crippen LogP contribution is -2.39. The highest BCUT2D eigenvalue weighted by atomic mass is 32.2. The van der Waals surface area contributed by atoms with Crippen LogP contribution in [0.5, 0.6) is 0 Å². The summed E-state index contributed by atoms with van der Waals surface area (Å²) in [7, 11) is -2.31. The molecule has 4 heteroatoms. The molecule has 0 bridgehead atoms. The van der Waals surface area contributed by atoms with Gasteiger partial charge in [-0.15, -0.1) is 0 Å². The highest BCUT2D eigenvalue weighted by molar-refractivity contribution is 7.91. The van der Waals surface area contributed by atoms with Gasteiger partial charge in [-0.05, 0) is 27.7 Å². The average molecular weight is 190 g/mol. The third kappa shape index (κ3) is 6.37. The summed E-state index contributed by atoms with van der Waals surface area (Å²) in [4.78, 5) is 0. The minimum absolute atomic E-state index is 0.190. The van der Waals surface area contributed by atoms with Gasteiger partial charge >= 0.3 is 0 Å². The van der Waals surface area contributed by atoms with E-state index in [1.54, 1.807) is 13.2 Å². The van der Waals surface area contributed by atoms with Gasteiger partial charge in [0.2, 0.25) is 0 Å². The first-order valence-corrected chi connectivity index (χ1v) is 5.71. The van der Waals surface area contributed by atoms with Gasteiger partial charge in [-0.3, -0.25) is 0 Å². The van der Waals surface area contributed by atoms with Crippen LogP contribution in [0, 0.1) is 0 Å². The highest BCUT2D eigenvalue weighted by Crippen LogP contribution is 2.04. The van der Waals surface area contributed by atoms with Crippen molar-refractivity contribution in [3.63, 3.8) is 0 Å². The summed E-state index contributed by atoms with van der Waals surface area (Å²) in [6.45, 7) is 11.2. The molecule has 1 unspecified atom stereocenters. The van der Waals surface area contributed by atoms with Gasteiger partial charge < -0.3 is 0 Å². The van der Waals surface area contributed by atoms with Crippen LogP contribution < -0.4 is 4.72 Å². The Morgan fingerprint density at radius 3 is 2.17 bits per heavy atom. The summed E-state index contributed by atoms with van der Waals surface area (Å²) >= 11 is 0. The third-order valence-electron chi connectivity index (χ3n) is 0.826. The van der Waals surface area contributed by atoms with Crippen molar-refractivity contribution < 1.29 is 4.21 Å².